The summed E-state index contributed by atoms with van der Waals surface area (Å²) in [6.07, 6.45) is 3.02. The fourth-order valence-electron chi connectivity index (χ4n) is 3.58. The highest BCUT2D eigenvalue weighted by atomic mass is 35.5. The van der Waals surface area contributed by atoms with Gasteiger partial charge in [0.2, 0.25) is 5.91 Å². The highest BCUT2D eigenvalue weighted by molar-refractivity contribution is 6.42. The van der Waals surface area contributed by atoms with Crippen LogP contribution >= 0.6 is 23.2 Å². The Morgan fingerprint density at radius 3 is 2.57 bits per heavy atom. The monoisotopic (exact) mass is 442 g/mol. The molecule has 30 heavy (non-hydrogen) atoms. The van der Waals surface area contributed by atoms with Crippen molar-refractivity contribution < 1.29 is 9.59 Å². The molecule has 0 spiro atoms. The molecule has 3 aromatic rings. The average Bonchev–Trinajstić information content (AvgIpc) is 3.36. The molecule has 2 N–H and O–H groups in total. The Labute approximate surface area is 184 Å². The highest BCUT2D eigenvalue weighted by Gasteiger charge is 2.23. The number of carbonyl (C=O) groups is 2. The third kappa shape index (κ3) is 4.35. The van der Waals surface area contributed by atoms with Gasteiger partial charge < -0.3 is 10.6 Å². The van der Waals surface area contributed by atoms with Gasteiger partial charge in [-0.25, -0.2) is 4.68 Å². The number of benzene rings is 2. The average molecular weight is 443 g/mol. The minimum absolute atomic E-state index is 0.138. The molecule has 0 aliphatic heterocycles. The first-order chi connectivity index (χ1) is 14.5. The van der Waals surface area contributed by atoms with Crippen molar-refractivity contribution in [2.45, 2.75) is 25.8 Å². The summed E-state index contributed by atoms with van der Waals surface area (Å²) in [5.74, 6) is -0.678. The maximum Gasteiger partial charge on any atom is 0.251 e. The maximum absolute atomic E-state index is 12.2. The summed E-state index contributed by atoms with van der Waals surface area (Å²) in [7, 11) is 0. The molecule has 0 atom stereocenters. The Bertz CT molecular complexity index is 1100. The molecule has 2 amide bonds. The Balaban J connectivity index is 1.36. The van der Waals surface area contributed by atoms with Crippen molar-refractivity contribution in [2.75, 3.05) is 6.54 Å². The van der Waals surface area contributed by atoms with Crippen LogP contribution in [0.3, 0.4) is 0 Å². The molecule has 6 nitrogen and oxygen atoms in total. The van der Waals surface area contributed by atoms with Gasteiger partial charge in [-0.1, -0.05) is 41.4 Å². The Morgan fingerprint density at radius 1 is 1.00 bits per heavy atom. The fraction of sp³-hybridized carbons (Fsp3) is 0.227. The fourth-order valence-corrected chi connectivity index (χ4v) is 3.88. The quantitative estimate of drug-likeness (QED) is 0.610. The lowest BCUT2D eigenvalue weighted by Crippen LogP contribution is -2.36. The van der Waals surface area contributed by atoms with Crippen molar-refractivity contribution in [3.63, 3.8) is 0 Å². The first-order valence-electron chi connectivity index (χ1n) is 9.68. The molecule has 0 fully saturated rings. The molecule has 1 aromatic heterocycles. The summed E-state index contributed by atoms with van der Waals surface area (Å²) >= 11 is 11.8. The van der Waals surface area contributed by atoms with Gasteiger partial charge in [0, 0.05) is 11.3 Å². The van der Waals surface area contributed by atoms with E-state index in [2.05, 4.69) is 10.6 Å². The van der Waals surface area contributed by atoms with Gasteiger partial charge in [-0.15, -0.1) is 0 Å². The van der Waals surface area contributed by atoms with Crippen molar-refractivity contribution in [1.82, 2.24) is 20.4 Å². The van der Waals surface area contributed by atoms with E-state index in [-0.39, 0.29) is 17.5 Å². The first kappa shape index (κ1) is 20.4. The Morgan fingerprint density at radius 2 is 1.80 bits per heavy atom. The van der Waals surface area contributed by atoms with Crippen molar-refractivity contribution in [3.8, 4) is 5.69 Å². The topological polar surface area (TPSA) is 76.0 Å². The first-order valence-corrected chi connectivity index (χ1v) is 10.4. The number of aromatic nitrogens is 2. The zero-order chi connectivity index (χ0) is 21.1. The van der Waals surface area contributed by atoms with E-state index < -0.39 is 5.91 Å². The number of nitrogens with one attached hydrogen (secondary N) is 2. The predicted molar refractivity (Wildman–Crippen MR) is 116 cm³/mol. The third-order valence-electron chi connectivity index (χ3n) is 5.06. The molecule has 154 valence electrons. The van der Waals surface area contributed by atoms with E-state index in [0.717, 1.165) is 30.6 Å². The maximum atomic E-state index is 12.2. The van der Waals surface area contributed by atoms with Crippen LogP contribution in [0.2, 0.25) is 10.0 Å². The summed E-state index contributed by atoms with van der Waals surface area (Å²) in [5, 5.41) is 10.8. The van der Waals surface area contributed by atoms with Crippen molar-refractivity contribution >= 4 is 35.0 Å². The van der Waals surface area contributed by atoms with Gasteiger partial charge in [0.1, 0.15) is 0 Å². The molecule has 0 unspecified atom stereocenters. The number of halogens is 2. The predicted octanol–water partition coefficient (Wildman–Crippen LogP) is 3.71. The molecular formula is C22H20Cl2N4O2. The molecule has 0 saturated heterocycles. The molecule has 8 heteroatoms. The number of carbonyl (C=O) groups excluding carboxylic acids is 2. The molecule has 1 aliphatic rings. The second-order valence-electron chi connectivity index (χ2n) is 7.06. The van der Waals surface area contributed by atoms with E-state index in [1.54, 1.807) is 12.1 Å². The van der Waals surface area contributed by atoms with Crippen molar-refractivity contribution in [2.24, 2.45) is 0 Å². The van der Waals surface area contributed by atoms with Gasteiger partial charge in [-0.05, 0) is 55.2 Å². The highest BCUT2D eigenvalue weighted by Crippen LogP contribution is 2.27. The number of hydrogen-bond acceptors (Lipinski definition) is 3. The minimum atomic E-state index is -0.391. The van der Waals surface area contributed by atoms with E-state index >= 15 is 0 Å². The molecular weight excluding hydrogens is 423 g/mol. The van der Waals surface area contributed by atoms with Gasteiger partial charge in [0.25, 0.3) is 5.91 Å². The van der Waals surface area contributed by atoms with Crippen molar-refractivity contribution in [1.29, 1.82) is 0 Å². The SMILES string of the molecule is O=C(CNC(=O)c1ccc(Cl)c(Cl)c1)NCc1nn(-c2ccccc2)c2c1CCC2. The van der Waals surface area contributed by atoms with Crippen LogP contribution < -0.4 is 10.6 Å². The zero-order valence-corrected chi connectivity index (χ0v) is 17.6. The molecule has 2 aromatic carbocycles. The molecule has 0 radical (unpaired) electrons. The van der Waals surface area contributed by atoms with Crippen LogP contribution in [0.25, 0.3) is 5.69 Å². The largest absolute Gasteiger partial charge is 0.349 e. The van der Waals surface area contributed by atoms with Crippen LogP contribution in [0.5, 0.6) is 0 Å². The number of para-hydroxylation sites is 1. The van der Waals surface area contributed by atoms with Gasteiger partial charge >= 0.3 is 0 Å². The Kier molecular flexibility index (Phi) is 6.06. The molecule has 0 bridgehead atoms. The summed E-state index contributed by atoms with van der Waals surface area (Å²) in [6, 6.07) is 14.5. The van der Waals surface area contributed by atoms with Crippen LogP contribution in [-0.2, 0) is 24.2 Å². The Hall–Kier alpha value is -2.83. The van der Waals surface area contributed by atoms with Crippen LogP contribution in [-0.4, -0.2) is 28.1 Å². The van der Waals surface area contributed by atoms with Crippen LogP contribution in [0.1, 0.15) is 33.7 Å². The second-order valence-corrected chi connectivity index (χ2v) is 7.88. The number of nitrogens with zero attached hydrogens (tertiary/aromatic N) is 2. The number of amides is 2. The second kappa shape index (κ2) is 8.90. The summed E-state index contributed by atoms with van der Waals surface area (Å²) in [4.78, 5) is 24.4. The lowest BCUT2D eigenvalue weighted by atomic mass is 10.2. The number of rotatable bonds is 6. The van der Waals surface area contributed by atoms with Gasteiger partial charge in [-0.3, -0.25) is 9.59 Å². The number of fused-ring (bicyclic) bond motifs is 1. The van der Waals surface area contributed by atoms with E-state index in [9.17, 15) is 9.59 Å². The normalized spacial score (nSPS) is 12.5. The van der Waals surface area contributed by atoms with Crippen molar-refractivity contribution in [3.05, 3.63) is 81.1 Å². The smallest absolute Gasteiger partial charge is 0.251 e. The van der Waals surface area contributed by atoms with Crippen LogP contribution in [0.15, 0.2) is 48.5 Å². The summed E-state index contributed by atoms with van der Waals surface area (Å²) < 4.78 is 1.97. The van der Waals surface area contributed by atoms with E-state index in [1.165, 1.54) is 17.3 Å². The third-order valence-corrected chi connectivity index (χ3v) is 5.80. The van der Waals surface area contributed by atoms with Gasteiger partial charge in [0.05, 0.1) is 34.5 Å². The summed E-state index contributed by atoms with van der Waals surface area (Å²) in [5.41, 5.74) is 4.65. The van der Waals surface area contributed by atoms with Gasteiger partial charge in [0.15, 0.2) is 0 Å². The van der Waals surface area contributed by atoms with Crippen LogP contribution in [0, 0.1) is 0 Å². The minimum Gasteiger partial charge on any atom is -0.349 e. The lowest BCUT2D eigenvalue weighted by molar-refractivity contribution is -0.120. The summed E-state index contributed by atoms with van der Waals surface area (Å²) in [6.45, 7) is 0.185. The standard InChI is InChI=1S/C22H20Cl2N4O2/c23-17-10-9-14(11-18(17)24)22(30)26-13-21(29)25-12-19-16-7-4-8-20(16)28(27-19)15-5-2-1-3-6-15/h1-3,5-6,9-11H,4,7-8,12-13H2,(H,25,29)(H,26,30). The van der Waals surface area contributed by atoms with E-state index in [0.29, 0.717) is 17.1 Å². The zero-order valence-electron chi connectivity index (χ0n) is 16.1. The molecule has 0 saturated carbocycles. The molecule has 1 heterocycles. The van der Waals surface area contributed by atoms with Crippen LogP contribution in [0.4, 0.5) is 0 Å². The van der Waals surface area contributed by atoms with Gasteiger partial charge in [-0.2, -0.15) is 5.10 Å². The number of hydrogen-bond donors (Lipinski definition) is 2. The molecule has 4 rings (SSSR count). The lowest BCUT2D eigenvalue weighted by Gasteiger charge is -2.07. The molecule has 1 aliphatic carbocycles. The van der Waals surface area contributed by atoms with E-state index in [1.807, 2.05) is 35.0 Å². The van der Waals surface area contributed by atoms with E-state index in [4.69, 9.17) is 28.3 Å².